The largest absolute Gasteiger partial charge is 0.0654 e. The highest BCUT2D eigenvalue weighted by molar-refractivity contribution is 4.66. The molecule has 0 N–H and O–H groups in total. The second kappa shape index (κ2) is 13.1. The molecule has 0 heterocycles. The Morgan fingerprint density at radius 3 is 2.12 bits per heavy atom. The summed E-state index contributed by atoms with van der Waals surface area (Å²) in [6.45, 7) is 6.99. The minimum absolute atomic E-state index is 0.944. The highest BCUT2D eigenvalue weighted by Crippen LogP contribution is 2.17. The minimum Gasteiger partial charge on any atom is -0.0654 e. The quantitative estimate of drug-likeness (QED) is 0.349. The van der Waals surface area contributed by atoms with Crippen LogP contribution in [0.25, 0.3) is 0 Å². The Morgan fingerprint density at radius 1 is 0.750 bits per heavy atom. The van der Waals surface area contributed by atoms with Gasteiger partial charge in [-0.3, -0.25) is 0 Å². The van der Waals surface area contributed by atoms with Gasteiger partial charge in [-0.25, -0.2) is 0 Å². The van der Waals surface area contributed by atoms with Crippen molar-refractivity contribution >= 4 is 0 Å². The van der Waals surface area contributed by atoms with Gasteiger partial charge in [0, 0.05) is 0 Å². The average molecular weight is 225 g/mol. The predicted molar refractivity (Wildman–Crippen MR) is 75.6 cm³/mol. The first-order valence-corrected chi connectivity index (χ1v) is 7.62. The molecule has 1 unspecified atom stereocenters. The molecule has 1 atom stereocenters. The van der Waals surface area contributed by atoms with Crippen LogP contribution in [0.5, 0.6) is 0 Å². The zero-order valence-electron chi connectivity index (χ0n) is 11.9. The topological polar surface area (TPSA) is 0 Å². The normalized spacial score (nSPS) is 12.9. The van der Waals surface area contributed by atoms with Crippen LogP contribution in [-0.4, -0.2) is 0 Å². The van der Waals surface area contributed by atoms with Crippen LogP contribution in [0, 0.1) is 12.3 Å². The van der Waals surface area contributed by atoms with E-state index < -0.39 is 0 Å². The smallest absolute Gasteiger partial charge is 0.0386 e. The Labute approximate surface area is 104 Å². The molecule has 97 valence electrons. The van der Waals surface area contributed by atoms with Gasteiger partial charge in [0.15, 0.2) is 0 Å². The molecule has 0 aliphatic heterocycles. The Balaban J connectivity index is 3.08. The van der Waals surface area contributed by atoms with Gasteiger partial charge in [-0.15, -0.1) is 0 Å². The van der Waals surface area contributed by atoms with E-state index in [1.807, 2.05) is 0 Å². The summed E-state index contributed by atoms with van der Waals surface area (Å²) in [4.78, 5) is 0. The molecular weight excluding hydrogens is 192 g/mol. The zero-order valence-corrected chi connectivity index (χ0v) is 11.9. The summed E-state index contributed by atoms with van der Waals surface area (Å²) in [6, 6.07) is 0. The average Bonchev–Trinajstić information content (AvgIpc) is 2.29. The van der Waals surface area contributed by atoms with Crippen LogP contribution < -0.4 is 0 Å². The Bertz CT molecular complexity index is 117. The first kappa shape index (κ1) is 16.0. The fourth-order valence-corrected chi connectivity index (χ4v) is 2.15. The maximum atomic E-state index is 2.51. The Morgan fingerprint density at radius 2 is 1.44 bits per heavy atom. The van der Waals surface area contributed by atoms with Gasteiger partial charge in [0.05, 0.1) is 0 Å². The minimum atomic E-state index is 0.944. The van der Waals surface area contributed by atoms with Crippen molar-refractivity contribution in [1.82, 2.24) is 0 Å². The van der Waals surface area contributed by atoms with Crippen LogP contribution in [0.2, 0.25) is 0 Å². The molecule has 0 aromatic heterocycles. The summed E-state index contributed by atoms with van der Waals surface area (Å²) in [5, 5.41) is 0. The van der Waals surface area contributed by atoms with E-state index in [-0.39, 0.29) is 0 Å². The van der Waals surface area contributed by atoms with Crippen LogP contribution in [0.4, 0.5) is 0 Å². The monoisotopic (exact) mass is 225 g/mol. The summed E-state index contributed by atoms with van der Waals surface area (Å²) >= 11 is 0. The first-order chi connectivity index (χ1) is 7.81. The van der Waals surface area contributed by atoms with Gasteiger partial charge in [0.2, 0.25) is 0 Å². The van der Waals surface area contributed by atoms with Crippen LogP contribution in [-0.2, 0) is 0 Å². The van der Waals surface area contributed by atoms with Gasteiger partial charge in [0.1, 0.15) is 0 Å². The van der Waals surface area contributed by atoms with Crippen molar-refractivity contribution in [2.45, 2.75) is 91.4 Å². The molecule has 0 bridgehead atoms. The molecule has 0 amide bonds. The predicted octanol–water partition coefficient (Wildman–Crippen LogP) is 6.16. The van der Waals surface area contributed by atoms with Crippen molar-refractivity contribution in [3.63, 3.8) is 0 Å². The Hall–Kier alpha value is 0. The lowest BCUT2D eigenvalue weighted by molar-refractivity contribution is 0.455. The van der Waals surface area contributed by atoms with Gasteiger partial charge < -0.3 is 0 Å². The molecule has 0 rings (SSSR count). The summed E-state index contributed by atoms with van der Waals surface area (Å²) in [7, 11) is 0. The lowest BCUT2D eigenvalue weighted by atomic mass is 9.96. The zero-order chi connectivity index (χ0) is 12.1. The third kappa shape index (κ3) is 12.1. The van der Waals surface area contributed by atoms with Crippen molar-refractivity contribution in [3.8, 4) is 0 Å². The Kier molecular flexibility index (Phi) is 13.1. The standard InChI is InChI=1S/C16H33/c1-4-6-8-10-11-13-15-16(3)14-12-9-7-5-2/h11,16H,4-10,12-15H2,1-3H3. The van der Waals surface area contributed by atoms with Crippen molar-refractivity contribution in [2.24, 2.45) is 5.92 Å². The molecule has 1 radical (unpaired) electrons. The molecule has 0 aliphatic rings. The van der Waals surface area contributed by atoms with E-state index in [1.54, 1.807) is 0 Å². The molecule has 0 aromatic rings. The first-order valence-electron chi connectivity index (χ1n) is 7.62. The van der Waals surface area contributed by atoms with Crippen LogP contribution in [0.15, 0.2) is 0 Å². The fourth-order valence-electron chi connectivity index (χ4n) is 2.15. The third-order valence-corrected chi connectivity index (χ3v) is 3.43. The molecule has 0 spiro atoms. The van der Waals surface area contributed by atoms with E-state index in [2.05, 4.69) is 27.2 Å². The van der Waals surface area contributed by atoms with Gasteiger partial charge >= 0.3 is 0 Å². The van der Waals surface area contributed by atoms with Crippen molar-refractivity contribution in [3.05, 3.63) is 6.42 Å². The van der Waals surface area contributed by atoms with Gasteiger partial charge in [-0.2, -0.15) is 0 Å². The number of hydrogen-bond donors (Lipinski definition) is 0. The molecule has 0 nitrogen and oxygen atoms in total. The summed E-state index contributed by atoms with van der Waals surface area (Å²) in [6.07, 6.45) is 17.9. The molecule has 0 heteroatoms. The molecule has 0 fully saturated rings. The third-order valence-electron chi connectivity index (χ3n) is 3.43. The van der Waals surface area contributed by atoms with Gasteiger partial charge in [-0.1, -0.05) is 85.0 Å². The fraction of sp³-hybridized carbons (Fsp3) is 0.938. The number of unbranched alkanes of at least 4 members (excludes halogenated alkanes) is 8. The van der Waals surface area contributed by atoms with E-state index in [1.165, 1.54) is 70.6 Å². The summed E-state index contributed by atoms with van der Waals surface area (Å²) in [5.74, 6) is 0.944. The van der Waals surface area contributed by atoms with E-state index in [0.717, 1.165) is 5.92 Å². The summed E-state index contributed by atoms with van der Waals surface area (Å²) in [5.41, 5.74) is 0. The van der Waals surface area contributed by atoms with Gasteiger partial charge in [0.25, 0.3) is 0 Å². The van der Waals surface area contributed by atoms with Crippen LogP contribution in [0.1, 0.15) is 91.4 Å². The second-order valence-corrected chi connectivity index (χ2v) is 5.32. The van der Waals surface area contributed by atoms with Crippen LogP contribution >= 0.6 is 0 Å². The number of rotatable bonds is 12. The second-order valence-electron chi connectivity index (χ2n) is 5.32. The lowest BCUT2D eigenvalue weighted by Gasteiger charge is -2.10. The van der Waals surface area contributed by atoms with Gasteiger partial charge in [-0.05, 0) is 18.8 Å². The van der Waals surface area contributed by atoms with E-state index in [0.29, 0.717) is 0 Å². The lowest BCUT2D eigenvalue weighted by Crippen LogP contribution is -1.95. The molecule has 0 aliphatic carbocycles. The van der Waals surface area contributed by atoms with Crippen molar-refractivity contribution in [2.75, 3.05) is 0 Å². The molecule has 0 saturated heterocycles. The highest BCUT2D eigenvalue weighted by atomic mass is 14.1. The van der Waals surface area contributed by atoms with E-state index >= 15 is 0 Å². The highest BCUT2D eigenvalue weighted by Gasteiger charge is 2.01. The molecule has 16 heavy (non-hydrogen) atoms. The van der Waals surface area contributed by atoms with Crippen LogP contribution in [0.3, 0.4) is 0 Å². The number of hydrogen-bond acceptors (Lipinski definition) is 0. The molecular formula is C16H33. The van der Waals surface area contributed by atoms with E-state index in [4.69, 9.17) is 0 Å². The summed E-state index contributed by atoms with van der Waals surface area (Å²) < 4.78 is 0. The molecule has 0 aromatic carbocycles. The molecule has 0 saturated carbocycles. The van der Waals surface area contributed by atoms with Crippen molar-refractivity contribution in [1.29, 1.82) is 0 Å². The maximum Gasteiger partial charge on any atom is -0.0386 e. The van der Waals surface area contributed by atoms with Crippen molar-refractivity contribution < 1.29 is 0 Å². The SMILES string of the molecule is CCCCC[CH]CCC(C)CCCCCC. The maximum absolute atomic E-state index is 2.51. The van der Waals surface area contributed by atoms with E-state index in [9.17, 15) is 0 Å².